The molecule has 7 heteroatoms. The molecule has 3 heterocycles. The van der Waals surface area contributed by atoms with Gasteiger partial charge in [-0.05, 0) is 24.6 Å². The van der Waals surface area contributed by atoms with Crippen molar-refractivity contribution < 1.29 is 8.78 Å². The van der Waals surface area contributed by atoms with Gasteiger partial charge < -0.3 is 4.40 Å². The molecule has 0 bridgehead atoms. The summed E-state index contributed by atoms with van der Waals surface area (Å²) in [7, 11) is 0. The second kappa shape index (κ2) is 4.24. The third-order valence-electron chi connectivity index (χ3n) is 2.61. The Labute approximate surface area is 111 Å². The minimum Gasteiger partial charge on any atom is -0.304 e. The Bertz CT molecular complexity index is 785. The smallest absolute Gasteiger partial charge is 0.223 e. The fourth-order valence-electron chi connectivity index (χ4n) is 1.86. The van der Waals surface area contributed by atoms with E-state index in [4.69, 9.17) is 11.6 Å². The van der Waals surface area contributed by atoms with E-state index in [0.29, 0.717) is 5.69 Å². The van der Waals surface area contributed by atoms with Gasteiger partial charge in [0.15, 0.2) is 17.3 Å². The molecule has 0 N–H and O–H groups in total. The van der Waals surface area contributed by atoms with Crippen LogP contribution in [0.25, 0.3) is 16.9 Å². The van der Waals surface area contributed by atoms with Crippen LogP contribution in [0.15, 0.2) is 24.7 Å². The molecule has 0 aromatic carbocycles. The van der Waals surface area contributed by atoms with E-state index in [1.54, 1.807) is 19.3 Å². The third kappa shape index (κ3) is 2.04. The van der Waals surface area contributed by atoms with Gasteiger partial charge in [0.2, 0.25) is 5.28 Å². The Balaban J connectivity index is 2.27. The molecule has 0 aliphatic rings. The normalized spacial score (nSPS) is 11.2. The van der Waals surface area contributed by atoms with E-state index in [1.165, 1.54) is 10.5 Å². The van der Waals surface area contributed by atoms with Crippen molar-refractivity contribution in [2.24, 2.45) is 0 Å². The number of aryl methyl sites for hydroxylation is 1. The van der Waals surface area contributed by atoms with Crippen molar-refractivity contribution in [3.05, 3.63) is 47.3 Å². The molecule has 0 spiro atoms. The van der Waals surface area contributed by atoms with Crippen LogP contribution in [0.4, 0.5) is 8.78 Å². The highest BCUT2D eigenvalue weighted by molar-refractivity contribution is 6.28. The maximum Gasteiger partial charge on any atom is 0.223 e. The maximum atomic E-state index is 13.9. The Morgan fingerprint density at radius 1 is 1.16 bits per heavy atom. The number of rotatable bonds is 1. The summed E-state index contributed by atoms with van der Waals surface area (Å²) in [6.07, 6.45) is 4.13. The Hall–Kier alpha value is -2.08. The third-order valence-corrected chi connectivity index (χ3v) is 2.80. The van der Waals surface area contributed by atoms with Crippen molar-refractivity contribution in [2.45, 2.75) is 6.92 Å². The van der Waals surface area contributed by atoms with Gasteiger partial charge in [0.25, 0.3) is 0 Å². The summed E-state index contributed by atoms with van der Waals surface area (Å²) in [5.41, 5.74) is 1.07. The largest absolute Gasteiger partial charge is 0.304 e. The number of nitrogens with zero attached hydrogens (tertiary/aromatic N) is 4. The molecule has 19 heavy (non-hydrogen) atoms. The average Bonchev–Trinajstić information content (AvgIpc) is 2.73. The van der Waals surface area contributed by atoms with Crippen molar-refractivity contribution in [2.75, 3.05) is 0 Å². The summed E-state index contributed by atoms with van der Waals surface area (Å²) in [5, 5.41) is -0.0984. The lowest BCUT2D eigenvalue weighted by Crippen LogP contribution is -1.96. The van der Waals surface area contributed by atoms with Gasteiger partial charge in [-0.25, -0.2) is 23.7 Å². The van der Waals surface area contributed by atoms with Gasteiger partial charge in [-0.3, -0.25) is 0 Å². The van der Waals surface area contributed by atoms with Gasteiger partial charge in [0.1, 0.15) is 5.69 Å². The maximum absolute atomic E-state index is 13.9. The highest BCUT2D eigenvalue weighted by atomic mass is 35.5. The number of hydrogen-bond donors (Lipinski definition) is 0. The molecule has 0 unspecified atom stereocenters. The number of pyridine rings is 1. The minimum absolute atomic E-state index is 0.0489. The van der Waals surface area contributed by atoms with Crippen LogP contribution < -0.4 is 0 Å². The molecule has 0 atom stereocenters. The van der Waals surface area contributed by atoms with Crippen molar-refractivity contribution in [1.82, 2.24) is 19.4 Å². The quantitative estimate of drug-likeness (QED) is 0.644. The lowest BCUT2D eigenvalue weighted by Gasteiger charge is -2.04. The second-order valence-corrected chi connectivity index (χ2v) is 4.36. The molecule has 0 aliphatic heterocycles. The van der Waals surface area contributed by atoms with Crippen LogP contribution in [-0.2, 0) is 0 Å². The lowest BCUT2D eigenvalue weighted by atomic mass is 10.2. The van der Waals surface area contributed by atoms with Crippen LogP contribution in [-0.4, -0.2) is 19.4 Å². The second-order valence-electron chi connectivity index (χ2n) is 4.03. The highest BCUT2D eigenvalue weighted by Gasteiger charge is 2.13. The SMILES string of the molecule is Cc1cn2cc(-c3nc(Cl)ncc3F)cc(F)c2n1. The molecule has 0 saturated heterocycles. The number of halogens is 3. The van der Waals surface area contributed by atoms with E-state index in [-0.39, 0.29) is 22.2 Å². The van der Waals surface area contributed by atoms with Crippen LogP contribution in [0.2, 0.25) is 5.28 Å². The van der Waals surface area contributed by atoms with Crippen molar-refractivity contribution in [3.8, 4) is 11.3 Å². The molecular weight excluding hydrogens is 274 g/mol. The zero-order chi connectivity index (χ0) is 13.6. The molecule has 0 radical (unpaired) electrons. The summed E-state index contributed by atoms with van der Waals surface area (Å²) >= 11 is 5.63. The molecule has 0 saturated carbocycles. The Kier molecular flexibility index (Phi) is 2.67. The molecular formula is C12H7ClF2N4. The number of imidazole rings is 1. The molecule has 4 nitrogen and oxygen atoms in total. The van der Waals surface area contributed by atoms with Gasteiger partial charge in [-0.1, -0.05) is 0 Å². The van der Waals surface area contributed by atoms with Crippen molar-refractivity contribution in [3.63, 3.8) is 0 Å². The van der Waals surface area contributed by atoms with Gasteiger partial charge in [0.05, 0.1) is 11.9 Å². The van der Waals surface area contributed by atoms with E-state index < -0.39 is 11.6 Å². The van der Waals surface area contributed by atoms with E-state index in [1.807, 2.05) is 0 Å². The van der Waals surface area contributed by atoms with Crippen LogP contribution >= 0.6 is 11.6 Å². The standard InChI is InChI=1S/C12H7ClF2N4/c1-6-4-19-5-7(2-8(14)11(19)17-6)10-9(15)3-16-12(13)18-10/h2-5H,1H3. The summed E-state index contributed by atoms with van der Waals surface area (Å²) in [5.74, 6) is -1.22. The van der Waals surface area contributed by atoms with Crippen molar-refractivity contribution >= 4 is 17.2 Å². The van der Waals surface area contributed by atoms with Gasteiger partial charge in [0, 0.05) is 18.0 Å². The molecule has 0 fully saturated rings. The van der Waals surface area contributed by atoms with Gasteiger partial charge in [-0.2, -0.15) is 0 Å². The number of aromatic nitrogens is 4. The first-order valence-corrected chi connectivity index (χ1v) is 5.75. The first kappa shape index (κ1) is 12.0. The van der Waals surface area contributed by atoms with E-state index in [0.717, 1.165) is 6.20 Å². The monoisotopic (exact) mass is 280 g/mol. The zero-order valence-electron chi connectivity index (χ0n) is 9.73. The summed E-state index contributed by atoms with van der Waals surface area (Å²) in [6, 6.07) is 1.17. The van der Waals surface area contributed by atoms with Crippen LogP contribution in [0.5, 0.6) is 0 Å². The molecule has 3 aromatic rings. The topological polar surface area (TPSA) is 43.1 Å². The van der Waals surface area contributed by atoms with E-state index in [9.17, 15) is 8.78 Å². The van der Waals surface area contributed by atoms with E-state index >= 15 is 0 Å². The summed E-state index contributed by atoms with van der Waals surface area (Å²) < 4.78 is 29.0. The van der Waals surface area contributed by atoms with Gasteiger partial charge >= 0.3 is 0 Å². The fourth-order valence-corrected chi connectivity index (χ4v) is 1.99. The van der Waals surface area contributed by atoms with Gasteiger partial charge in [-0.15, -0.1) is 0 Å². The summed E-state index contributed by atoms with van der Waals surface area (Å²) in [4.78, 5) is 11.3. The van der Waals surface area contributed by atoms with Crippen LogP contribution in [0, 0.1) is 18.6 Å². The molecule has 0 aliphatic carbocycles. The van der Waals surface area contributed by atoms with E-state index in [2.05, 4.69) is 15.0 Å². The summed E-state index contributed by atoms with van der Waals surface area (Å²) in [6.45, 7) is 1.74. The fraction of sp³-hybridized carbons (Fsp3) is 0.0833. The molecule has 3 aromatic heterocycles. The first-order valence-electron chi connectivity index (χ1n) is 5.38. The van der Waals surface area contributed by atoms with Crippen LogP contribution in [0.1, 0.15) is 5.69 Å². The Morgan fingerprint density at radius 2 is 1.95 bits per heavy atom. The average molecular weight is 281 g/mol. The number of fused-ring (bicyclic) bond motifs is 1. The van der Waals surface area contributed by atoms with Crippen LogP contribution in [0.3, 0.4) is 0 Å². The number of hydrogen-bond acceptors (Lipinski definition) is 3. The zero-order valence-corrected chi connectivity index (χ0v) is 10.5. The highest BCUT2D eigenvalue weighted by Crippen LogP contribution is 2.23. The predicted molar refractivity (Wildman–Crippen MR) is 65.9 cm³/mol. The Morgan fingerprint density at radius 3 is 2.74 bits per heavy atom. The molecule has 3 rings (SSSR count). The predicted octanol–water partition coefficient (Wildman–Crippen LogP) is 3.03. The molecule has 0 amide bonds. The lowest BCUT2D eigenvalue weighted by molar-refractivity contribution is 0.615. The molecule has 96 valence electrons. The first-order chi connectivity index (χ1) is 9.04. The minimum atomic E-state index is -0.667. The van der Waals surface area contributed by atoms with Crippen molar-refractivity contribution in [1.29, 1.82) is 0 Å².